The van der Waals surface area contributed by atoms with Gasteiger partial charge < -0.3 is 4.74 Å². The van der Waals surface area contributed by atoms with Crippen molar-refractivity contribution in [1.82, 2.24) is 9.78 Å². The molecule has 0 unspecified atom stereocenters. The first-order valence-electron chi connectivity index (χ1n) is 6.23. The van der Waals surface area contributed by atoms with Crippen LogP contribution < -0.4 is 4.74 Å². The van der Waals surface area contributed by atoms with Gasteiger partial charge in [0.1, 0.15) is 11.4 Å². The van der Waals surface area contributed by atoms with E-state index in [4.69, 9.17) is 16.3 Å². The zero-order valence-corrected chi connectivity index (χ0v) is 11.7. The van der Waals surface area contributed by atoms with Crippen LogP contribution in [0.3, 0.4) is 0 Å². The smallest absolute Gasteiger partial charge is 0.144 e. The third-order valence-corrected chi connectivity index (χ3v) is 3.35. The van der Waals surface area contributed by atoms with Gasteiger partial charge in [-0.1, -0.05) is 35.9 Å². The second-order valence-electron chi connectivity index (χ2n) is 4.31. The number of nitrogens with zero attached hydrogens (tertiary/aromatic N) is 2. The lowest BCUT2D eigenvalue weighted by atomic mass is 10.1. The molecule has 0 aliphatic heterocycles. The molecule has 0 atom stereocenters. The van der Waals surface area contributed by atoms with E-state index in [-0.39, 0.29) is 0 Å². The van der Waals surface area contributed by atoms with Crippen LogP contribution in [0.15, 0.2) is 60.8 Å². The molecule has 1 heterocycles. The van der Waals surface area contributed by atoms with E-state index in [9.17, 15) is 0 Å². The third kappa shape index (κ3) is 2.28. The van der Waals surface area contributed by atoms with Crippen molar-refractivity contribution in [3.63, 3.8) is 0 Å². The molecule has 0 aliphatic rings. The van der Waals surface area contributed by atoms with Crippen molar-refractivity contribution < 1.29 is 4.74 Å². The van der Waals surface area contributed by atoms with Gasteiger partial charge in [0.15, 0.2) is 0 Å². The number of hydrogen-bond acceptors (Lipinski definition) is 2. The zero-order valence-electron chi connectivity index (χ0n) is 11.0. The topological polar surface area (TPSA) is 27.1 Å². The van der Waals surface area contributed by atoms with Crippen molar-refractivity contribution >= 4 is 11.6 Å². The van der Waals surface area contributed by atoms with Crippen molar-refractivity contribution in [3.8, 4) is 22.7 Å². The molecule has 0 saturated heterocycles. The molecule has 0 amide bonds. The van der Waals surface area contributed by atoms with Crippen LogP contribution in [-0.2, 0) is 0 Å². The Labute approximate surface area is 122 Å². The van der Waals surface area contributed by atoms with Gasteiger partial charge in [-0.15, -0.1) is 0 Å². The molecule has 0 saturated carbocycles. The van der Waals surface area contributed by atoms with Crippen molar-refractivity contribution in [2.24, 2.45) is 0 Å². The average molecular weight is 285 g/mol. The number of benzene rings is 2. The summed E-state index contributed by atoms with van der Waals surface area (Å²) in [6.45, 7) is 0. The quantitative estimate of drug-likeness (QED) is 0.721. The molecule has 100 valence electrons. The van der Waals surface area contributed by atoms with Gasteiger partial charge in [0.05, 0.1) is 19.0 Å². The number of aromatic nitrogens is 2. The van der Waals surface area contributed by atoms with Crippen LogP contribution in [0.25, 0.3) is 16.9 Å². The molecule has 20 heavy (non-hydrogen) atoms. The zero-order chi connectivity index (χ0) is 13.9. The van der Waals surface area contributed by atoms with Crippen LogP contribution in [0.5, 0.6) is 5.75 Å². The lowest BCUT2D eigenvalue weighted by molar-refractivity contribution is 0.412. The highest BCUT2D eigenvalue weighted by Gasteiger charge is 2.11. The fourth-order valence-electron chi connectivity index (χ4n) is 2.14. The summed E-state index contributed by atoms with van der Waals surface area (Å²) in [5.41, 5.74) is 2.95. The summed E-state index contributed by atoms with van der Waals surface area (Å²) in [6.07, 6.45) is 1.77. The number of hydrogen-bond donors (Lipinski definition) is 0. The molecule has 3 aromatic rings. The SMILES string of the molecule is COc1ccccc1-n1nccc1-c1ccc(Cl)cc1. The Morgan fingerprint density at radius 1 is 1.00 bits per heavy atom. The number of ether oxygens (including phenoxy) is 1. The minimum absolute atomic E-state index is 0.720. The summed E-state index contributed by atoms with van der Waals surface area (Å²) in [4.78, 5) is 0. The molecule has 3 rings (SSSR count). The van der Waals surface area contributed by atoms with E-state index in [2.05, 4.69) is 5.10 Å². The van der Waals surface area contributed by atoms with Crippen LogP contribution >= 0.6 is 11.6 Å². The Hall–Kier alpha value is -2.26. The highest BCUT2D eigenvalue weighted by molar-refractivity contribution is 6.30. The van der Waals surface area contributed by atoms with Crippen LogP contribution in [0.2, 0.25) is 5.02 Å². The summed E-state index contributed by atoms with van der Waals surface area (Å²) >= 11 is 5.94. The number of halogens is 1. The molecule has 1 aromatic heterocycles. The Balaban J connectivity index is 2.13. The van der Waals surface area contributed by atoms with Gasteiger partial charge in [0.25, 0.3) is 0 Å². The molecule has 0 fully saturated rings. The fourth-order valence-corrected chi connectivity index (χ4v) is 2.27. The molecule has 0 spiro atoms. The van der Waals surface area contributed by atoms with Crippen molar-refractivity contribution in [2.45, 2.75) is 0 Å². The molecule has 4 heteroatoms. The summed E-state index contributed by atoms with van der Waals surface area (Å²) in [5, 5.41) is 5.12. The van der Waals surface area contributed by atoms with Gasteiger partial charge in [-0.25, -0.2) is 4.68 Å². The van der Waals surface area contributed by atoms with Crippen LogP contribution in [0.4, 0.5) is 0 Å². The average Bonchev–Trinajstić information content (AvgIpc) is 2.97. The van der Waals surface area contributed by atoms with E-state index < -0.39 is 0 Å². The lowest BCUT2D eigenvalue weighted by Crippen LogP contribution is -2.01. The van der Waals surface area contributed by atoms with E-state index in [1.54, 1.807) is 13.3 Å². The van der Waals surface area contributed by atoms with Crippen molar-refractivity contribution in [2.75, 3.05) is 7.11 Å². The van der Waals surface area contributed by atoms with Crippen LogP contribution in [-0.4, -0.2) is 16.9 Å². The van der Waals surface area contributed by atoms with E-state index >= 15 is 0 Å². The van der Waals surface area contributed by atoms with E-state index in [1.807, 2.05) is 59.3 Å². The summed E-state index contributed by atoms with van der Waals surface area (Å²) < 4.78 is 7.26. The molecule has 2 aromatic carbocycles. The normalized spacial score (nSPS) is 10.5. The monoisotopic (exact) mass is 284 g/mol. The third-order valence-electron chi connectivity index (χ3n) is 3.10. The molecule has 3 nitrogen and oxygen atoms in total. The van der Waals surface area contributed by atoms with Gasteiger partial charge in [-0.3, -0.25) is 0 Å². The second-order valence-corrected chi connectivity index (χ2v) is 4.74. The minimum atomic E-state index is 0.720. The number of methoxy groups -OCH3 is 1. The Morgan fingerprint density at radius 2 is 1.75 bits per heavy atom. The highest BCUT2D eigenvalue weighted by atomic mass is 35.5. The number of rotatable bonds is 3. The Morgan fingerprint density at radius 3 is 2.50 bits per heavy atom. The van der Waals surface area contributed by atoms with Crippen LogP contribution in [0, 0.1) is 0 Å². The summed E-state index contributed by atoms with van der Waals surface area (Å²) in [5.74, 6) is 0.784. The maximum atomic E-state index is 5.94. The first-order valence-corrected chi connectivity index (χ1v) is 6.61. The van der Waals surface area contributed by atoms with Gasteiger partial charge in [0, 0.05) is 10.6 Å². The lowest BCUT2D eigenvalue weighted by Gasteiger charge is -2.11. The molecule has 0 N–H and O–H groups in total. The molecule has 0 aliphatic carbocycles. The molecule has 0 bridgehead atoms. The first-order chi connectivity index (χ1) is 9.79. The van der Waals surface area contributed by atoms with Crippen molar-refractivity contribution in [1.29, 1.82) is 0 Å². The van der Waals surface area contributed by atoms with Crippen LogP contribution in [0.1, 0.15) is 0 Å². The predicted octanol–water partition coefficient (Wildman–Crippen LogP) is 4.20. The maximum absolute atomic E-state index is 5.94. The van der Waals surface area contributed by atoms with E-state index in [1.165, 1.54) is 0 Å². The standard InChI is InChI=1S/C16H13ClN2O/c1-20-16-5-3-2-4-15(16)19-14(10-11-18-19)12-6-8-13(17)9-7-12/h2-11H,1H3. The molecular formula is C16H13ClN2O. The van der Waals surface area contributed by atoms with Gasteiger partial charge >= 0.3 is 0 Å². The fraction of sp³-hybridized carbons (Fsp3) is 0.0625. The van der Waals surface area contributed by atoms with Gasteiger partial charge in [0.2, 0.25) is 0 Å². The summed E-state index contributed by atoms with van der Waals surface area (Å²) in [6, 6.07) is 17.5. The van der Waals surface area contributed by atoms with E-state index in [0.29, 0.717) is 0 Å². The maximum Gasteiger partial charge on any atom is 0.144 e. The molecular weight excluding hydrogens is 272 g/mol. The Bertz CT molecular complexity index is 719. The first kappa shape index (κ1) is 12.8. The van der Waals surface area contributed by atoms with Gasteiger partial charge in [-0.05, 0) is 30.3 Å². The second kappa shape index (κ2) is 5.39. The summed E-state index contributed by atoms with van der Waals surface area (Å²) in [7, 11) is 1.66. The largest absolute Gasteiger partial charge is 0.494 e. The number of para-hydroxylation sites is 2. The van der Waals surface area contributed by atoms with Crippen molar-refractivity contribution in [3.05, 3.63) is 65.8 Å². The highest BCUT2D eigenvalue weighted by Crippen LogP contribution is 2.28. The molecule has 0 radical (unpaired) electrons. The minimum Gasteiger partial charge on any atom is -0.494 e. The van der Waals surface area contributed by atoms with Gasteiger partial charge in [-0.2, -0.15) is 5.10 Å². The predicted molar refractivity (Wildman–Crippen MR) is 80.6 cm³/mol. The van der Waals surface area contributed by atoms with E-state index in [0.717, 1.165) is 27.7 Å². The Kier molecular flexibility index (Phi) is 3.44.